The van der Waals surface area contributed by atoms with E-state index in [1.807, 2.05) is 20.8 Å². The summed E-state index contributed by atoms with van der Waals surface area (Å²) in [6.07, 6.45) is 5.51. The molecule has 0 aromatic heterocycles. The zero-order valence-corrected chi connectivity index (χ0v) is 16.6. The number of carbonyl (C=O) groups is 2. The highest BCUT2D eigenvalue weighted by atomic mass is 16.6. The molecular weight excluding hydrogens is 340 g/mol. The number of hydrogen-bond acceptors (Lipinski definition) is 4. The van der Waals surface area contributed by atoms with Gasteiger partial charge in [0.15, 0.2) is 0 Å². The van der Waals surface area contributed by atoms with Crippen molar-refractivity contribution >= 4 is 18.1 Å². The van der Waals surface area contributed by atoms with Gasteiger partial charge in [-0.05, 0) is 76.6 Å². The molecule has 1 fully saturated rings. The number of nitrogens with zero attached hydrogens (tertiary/aromatic N) is 2. The monoisotopic (exact) mass is 370 g/mol. The van der Waals surface area contributed by atoms with Crippen molar-refractivity contribution in [3.8, 4) is 0 Å². The first-order valence-electron chi connectivity index (χ1n) is 9.92. The molecule has 1 aromatic rings. The average Bonchev–Trinajstić information content (AvgIpc) is 2.61. The first kappa shape index (κ1) is 19.7. The van der Waals surface area contributed by atoms with Gasteiger partial charge in [-0.15, -0.1) is 0 Å². The summed E-state index contributed by atoms with van der Waals surface area (Å²) in [5.74, 6) is 0.253. The molecule has 0 radical (unpaired) electrons. The molecule has 1 saturated heterocycles. The molecule has 146 valence electrons. The zero-order chi connectivity index (χ0) is 19.4. The number of rotatable bonds is 4. The molecule has 1 amide bonds. The van der Waals surface area contributed by atoms with Crippen LogP contribution in [0.25, 0.3) is 0 Å². The Morgan fingerprint density at radius 3 is 2.33 bits per heavy atom. The molecule has 2 aliphatic rings. The standard InChI is InChI=1S/C22H30N2O3/c1-22(2,3)27-20(25)15-24-13-10-17(11-14-24)16-6-8-18(9-7-16)19-5-4-12-23-21(19)26/h6-9,12,17,19H,4-5,10-11,13-15H2,1-3H3. The Labute approximate surface area is 161 Å². The van der Waals surface area contributed by atoms with Crippen molar-refractivity contribution in [1.29, 1.82) is 0 Å². The van der Waals surface area contributed by atoms with Gasteiger partial charge in [0, 0.05) is 6.21 Å². The van der Waals surface area contributed by atoms with Crippen LogP contribution in [-0.2, 0) is 14.3 Å². The molecule has 1 atom stereocenters. The minimum atomic E-state index is -0.428. The lowest BCUT2D eigenvalue weighted by Gasteiger charge is -2.32. The van der Waals surface area contributed by atoms with Gasteiger partial charge in [0.05, 0.1) is 12.5 Å². The van der Waals surface area contributed by atoms with Crippen LogP contribution in [0.3, 0.4) is 0 Å². The number of carbonyl (C=O) groups excluding carboxylic acids is 2. The van der Waals surface area contributed by atoms with Crippen LogP contribution in [0.4, 0.5) is 0 Å². The van der Waals surface area contributed by atoms with E-state index < -0.39 is 5.60 Å². The van der Waals surface area contributed by atoms with Gasteiger partial charge in [0.1, 0.15) is 5.60 Å². The number of esters is 1. The third-order valence-electron chi connectivity index (χ3n) is 5.27. The normalized spacial score (nSPS) is 22.0. The molecule has 0 bridgehead atoms. The molecule has 27 heavy (non-hydrogen) atoms. The fraction of sp³-hybridized carbons (Fsp3) is 0.591. The second kappa shape index (κ2) is 8.34. The highest BCUT2D eigenvalue weighted by Crippen LogP contribution is 2.31. The summed E-state index contributed by atoms with van der Waals surface area (Å²) in [6.45, 7) is 7.87. The Hall–Kier alpha value is -2.01. The third kappa shape index (κ3) is 5.48. The Kier molecular flexibility index (Phi) is 6.10. The maximum atomic E-state index is 12.0. The Bertz CT molecular complexity index is 695. The maximum absolute atomic E-state index is 12.0. The summed E-state index contributed by atoms with van der Waals surface area (Å²) in [6, 6.07) is 8.50. The Morgan fingerprint density at radius 2 is 1.74 bits per heavy atom. The number of hydrogen-bond donors (Lipinski definition) is 0. The third-order valence-corrected chi connectivity index (χ3v) is 5.27. The highest BCUT2D eigenvalue weighted by Gasteiger charge is 2.25. The van der Waals surface area contributed by atoms with E-state index in [2.05, 4.69) is 34.2 Å². The molecule has 0 N–H and O–H groups in total. The summed E-state index contributed by atoms with van der Waals surface area (Å²) in [7, 11) is 0. The number of ether oxygens (including phenoxy) is 1. The van der Waals surface area contributed by atoms with Gasteiger partial charge in [-0.3, -0.25) is 14.5 Å². The lowest BCUT2D eigenvalue weighted by molar-refractivity contribution is -0.156. The minimum Gasteiger partial charge on any atom is -0.459 e. The van der Waals surface area contributed by atoms with Gasteiger partial charge in [-0.1, -0.05) is 24.3 Å². The lowest BCUT2D eigenvalue weighted by atomic mass is 9.86. The molecule has 2 aliphatic heterocycles. The minimum absolute atomic E-state index is 0.0237. The molecule has 1 aromatic carbocycles. The van der Waals surface area contributed by atoms with Crippen LogP contribution in [0.1, 0.15) is 69.4 Å². The second-order valence-corrected chi connectivity index (χ2v) is 8.58. The summed E-state index contributed by atoms with van der Waals surface area (Å²) >= 11 is 0. The fourth-order valence-corrected chi connectivity index (χ4v) is 3.90. The molecule has 0 spiro atoms. The van der Waals surface area contributed by atoms with Crippen molar-refractivity contribution < 1.29 is 14.3 Å². The fourth-order valence-electron chi connectivity index (χ4n) is 3.90. The first-order valence-corrected chi connectivity index (χ1v) is 9.92. The van der Waals surface area contributed by atoms with E-state index in [1.165, 1.54) is 5.56 Å². The molecule has 5 heteroatoms. The van der Waals surface area contributed by atoms with Crippen LogP contribution in [0, 0.1) is 0 Å². The van der Waals surface area contributed by atoms with E-state index in [-0.39, 0.29) is 17.8 Å². The van der Waals surface area contributed by atoms with Crippen LogP contribution in [0.2, 0.25) is 0 Å². The topological polar surface area (TPSA) is 59.0 Å². The van der Waals surface area contributed by atoms with E-state index >= 15 is 0 Å². The van der Waals surface area contributed by atoms with Crippen LogP contribution in [0.15, 0.2) is 29.3 Å². The number of piperidine rings is 1. The van der Waals surface area contributed by atoms with Crippen LogP contribution in [0.5, 0.6) is 0 Å². The molecule has 5 nitrogen and oxygen atoms in total. The van der Waals surface area contributed by atoms with Gasteiger partial charge in [-0.2, -0.15) is 0 Å². The molecule has 2 heterocycles. The highest BCUT2D eigenvalue weighted by molar-refractivity contribution is 5.92. The van der Waals surface area contributed by atoms with Crippen LogP contribution < -0.4 is 0 Å². The van der Waals surface area contributed by atoms with E-state index in [4.69, 9.17) is 4.74 Å². The quantitative estimate of drug-likeness (QED) is 0.759. The summed E-state index contributed by atoms with van der Waals surface area (Å²) in [5.41, 5.74) is 1.97. The molecular formula is C22H30N2O3. The predicted octanol–water partition coefficient (Wildman–Crippen LogP) is 3.68. The lowest BCUT2D eigenvalue weighted by Crippen LogP contribution is -2.39. The summed E-state index contributed by atoms with van der Waals surface area (Å²) in [5, 5.41) is 0. The van der Waals surface area contributed by atoms with Crippen molar-refractivity contribution in [1.82, 2.24) is 4.90 Å². The van der Waals surface area contributed by atoms with Crippen molar-refractivity contribution in [3.63, 3.8) is 0 Å². The van der Waals surface area contributed by atoms with Crippen LogP contribution in [-0.4, -0.2) is 48.2 Å². The molecule has 3 rings (SSSR count). The second-order valence-electron chi connectivity index (χ2n) is 8.58. The number of benzene rings is 1. The number of likely N-dealkylation sites (tertiary alicyclic amines) is 1. The summed E-state index contributed by atoms with van der Waals surface area (Å²) in [4.78, 5) is 30.1. The van der Waals surface area contributed by atoms with Gasteiger partial charge in [-0.25, -0.2) is 4.99 Å². The van der Waals surface area contributed by atoms with E-state index in [1.54, 1.807) is 6.21 Å². The average molecular weight is 370 g/mol. The van der Waals surface area contributed by atoms with Crippen molar-refractivity contribution in [2.24, 2.45) is 4.99 Å². The number of aliphatic imine (C=N–C) groups is 1. The van der Waals surface area contributed by atoms with Gasteiger partial charge in [0.25, 0.3) is 5.91 Å². The SMILES string of the molecule is CC(C)(C)OC(=O)CN1CCC(c2ccc(C3CCC=NC3=O)cc2)CC1. The number of amides is 1. The summed E-state index contributed by atoms with van der Waals surface area (Å²) < 4.78 is 5.41. The van der Waals surface area contributed by atoms with Crippen molar-refractivity contribution in [2.75, 3.05) is 19.6 Å². The maximum Gasteiger partial charge on any atom is 0.320 e. The Morgan fingerprint density at radius 1 is 1.11 bits per heavy atom. The molecule has 0 aliphatic carbocycles. The van der Waals surface area contributed by atoms with E-state index in [0.717, 1.165) is 44.3 Å². The Balaban J connectivity index is 1.51. The predicted molar refractivity (Wildman–Crippen MR) is 106 cm³/mol. The first-order chi connectivity index (χ1) is 12.8. The zero-order valence-electron chi connectivity index (χ0n) is 16.6. The molecule has 0 saturated carbocycles. The van der Waals surface area contributed by atoms with Crippen molar-refractivity contribution in [2.45, 2.75) is 63.9 Å². The molecule has 1 unspecified atom stereocenters. The largest absolute Gasteiger partial charge is 0.459 e. The smallest absolute Gasteiger partial charge is 0.320 e. The van der Waals surface area contributed by atoms with E-state index in [0.29, 0.717) is 12.5 Å². The van der Waals surface area contributed by atoms with Gasteiger partial charge in [0.2, 0.25) is 0 Å². The van der Waals surface area contributed by atoms with Gasteiger partial charge < -0.3 is 4.74 Å². The van der Waals surface area contributed by atoms with Crippen molar-refractivity contribution in [3.05, 3.63) is 35.4 Å². The van der Waals surface area contributed by atoms with Crippen LogP contribution >= 0.6 is 0 Å². The van der Waals surface area contributed by atoms with E-state index in [9.17, 15) is 9.59 Å². The van der Waals surface area contributed by atoms with Gasteiger partial charge >= 0.3 is 5.97 Å².